The lowest BCUT2D eigenvalue weighted by Crippen LogP contribution is -2.25. The molecule has 156 valence electrons. The zero-order chi connectivity index (χ0) is 21.8. The quantitative estimate of drug-likeness (QED) is 0.468. The average molecular weight is 436 g/mol. The van der Waals surface area contributed by atoms with Crippen LogP contribution in [-0.2, 0) is 11.3 Å². The molecule has 0 aliphatic rings. The SMILES string of the molecule is COC(=O)c1cc(C(=O)NCc2cnn(-c3ccc(Cl)cc3)c2)n(-c2ccccc2)n1. The van der Waals surface area contributed by atoms with Crippen LogP contribution < -0.4 is 5.32 Å². The van der Waals surface area contributed by atoms with Crippen molar-refractivity contribution < 1.29 is 14.3 Å². The number of carbonyl (C=O) groups is 2. The summed E-state index contributed by atoms with van der Waals surface area (Å²) in [5, 5.41) is 12.0. The van der Waals surface area contributed by atoms with Gasteiger partial charge < -0.3 is 10.1 Å². The van der Waals surface area contributed by atoms with Crippen molar-refractivity contribution in [3.8, 4) is 11.4 Å². The highest BCUT2D eigenvalue weighted by Crippen LogP contribution is 2.15. The number of aromatic nitrogens is 4. The molecule has 2 aromatic heterocycles. The smallest absolute Gasteiger partial charge is 0.358 e. The lowest BCUT2D eigenvalue weighted by atomic mass is 10.3. The van der Waals surface area contributed by atoms with E-state index in [1.54, 1.807) is 35.1 Å². The Hall–Kier alpha value is -3.91. The van der Waals surface area contributed by atoms with Crippen LogP contribution in [0.5, 0.6) is 0 Å². The van der Waals surface area contributed by atoms with Crippen LogP contribution in [0.4, 0.5) is 0 Å². The van der Waals surface area contributed by atoms with Crippen molar-refractivity contribution in [3.63, 3.8) is 0 Å². The molecule has 2 aromatic carbocycles. The summed E-state index contributed by atoms with van der Waals surface area (Å²) >= 11 is 5.92. The molecule has 8 nitrogen and oxygen atoms in total. The third-order valence-electron chi connectivity index (χ3n) is 4.52. The van der Waals surface area contributed by atoms with Gasteiger partial charge in [0.05, 0.1) is 24.7 Å². The van der Waals surface area contributed by atoms with Gasteiger partial charge in [-0.25, -0.2) is 14.2 Å². The maximum Gasteiger partial charge on any atom is 0.358 e. The second-order valence-electron chi connectivity index (χ2n) is 6.61. The van der Waals surface area contributed by atoms with Crippen LogP contribution in [0.3, 0.4) is 0 Å². The summed E-state index contributed by atoms with van der Waals surface area (Å²) in [4.78, 5) is 24.8. The highest BCUT2D eigenvalue weighted by molar-refractivity contribution is 6.30. The standard InChI is InChI=1S/C22H18ClN5O3/c1-31-22(30)19-11-20(28(26-19)18-5-3-2-4-6-18)21(29)24-12-15-13-25-27(14-15)17-9-7-16(23)8-10-17/h2-11,13-14H,12H2,1H3,(H,24,29). The number of benzene rings is 2. The van der Waals surface area contributed by atoms with Gasteiger partial charge in [-0.3, -0.25) is 4.79 Å². The van der Waals surface area contributed by atoms with E-state index in [2.05, 4.69) is 15.5 Å². The van der Waals surface area contributed by atoms with Gasteiger partial charge in [-0.15, -0.1) is 0 Å². The van der Waals surface area contributed by atoms with E-state index >= 15 is 0 Å². The minimum atomic E-state index is -0.618. The van der Waals surface area contributed by atoms with E-state index in [0.29, 0.717) is 10.7 Å². The van der Waals surface area contributed by atoms with Gasteiger partial charge in [-0.2, -0.15) is 10.2 Å². The van der Waals surface area contributed by atoms with Crippen LogP contribution in [0.15, 0.2) is 73.1 Å². The summed E-state index contributed by atoms with van der Waals surface area (Å²) in [6.45, 7) is 0.250. The summed E-state index contributed by atoms with van der Waals surface area (Å²) in [5.74, 6) is -1.00. The predicted molar refractivity (Wildman–Crippen MR) is 115 cm³/mol. The summed E-state index contributed by atoms with van der Waals surface area (Å²) in [6, 6.07) is 17.8. The fraction of sp³-hybridized carbons (Fsp3) is 0.0909. The highest BCUT2D eigenvalue weighted by Gasteiger charge is 2.20. The molecule has 0 saturated carbocycles. The van der Waals surface area contributed by atoms with Crippen LogP contribution in [0, 0.1) is 0 Å². The maximum absolute atomic E-state index is 12.9. The number of carbonyl (C=O) groups excluding carboxylic acids is 2. The Bertz CT molecular complexity index is 1220. The van der Waals surface area contributed by atoms with Crippen LogP contribution in [0.1, 0.15) is 26.5 Å². The summed E-state index contributed by atoms with van der Waals surface area (Å²) in [5.41, 5.74) is 2.58. The molecule has 0 saturated heterocycles. The molecule has 0 aliphatic heterocycles. The molecule has 1 N–H and O–H groups in total. The number of rotatable bonds is 6. The molecule has 2 heterocycles. The number of amides is 1. The predicted octanol–water partition coefficient (Wildman–Crippen LogP) is 3.43. The minimum Gasteiger partial charge on any atom is -0.464 e. The Kier molecular flexibility index (Phi) is 5.81. The first-order valence-electron chi connectivity index (χ1n) is 9.36. The summed E-state index contributed by atoms with van der Waals surface area (Å²) in [7, 11) is 1.27. The van der Waals surface area contributed by atoms with E-state index in [0.717, 1.165) is 11.3 Å². The van der Waals surface area contributed by atoms with E-state index < -0.39 is 5.97 Å². The lowest BCUT2D eigenvalue weighted by Gasteiger charge is -2.07. The molecule has 0 spiro atoms. The minimum absolute atomic E-state index is 0.0482. The Morgan fingerprint density at radius 3 is 2.52 bits per heavy atom. The zero-order valence-electron chi connectivity index (χ0n) is 16.5. The Balaban J connectivity index is 1.53. The maximum atomic E-state index is 12.9. The van der Waals surface area contributed by atoms with Gasteiger partial charge >= 0.3 is 5.97 Å². The normalized spacial score (nSPS) is 10.6. The van der Waals surface area contributed by atoms with Gasteiger partial charge in [0, 0.05) is 29.4 Å². The molecule has 9 heteroatoms. The zero-order valence-corrected chi connectivity index (χ0v) is 17.3. The van der Waals surface area contributed by atoms with Gasteiger partial charge in [0.15, 0.2) is 5.69 Å². The van der Waals surface area contributed by atoms with Crippen LogP contribution >= 0.6 is 11.6 Å². The molecule has 4 aromatic rings. The summed E-state index contributed by atoms with van der Waals surface area (Å²) in [6.07, 6.45) is 3.49. The Morgan fingerprint density at radius 1 is 1.06 bits per heavy atom. The number of hydrogen-bond acceptors (Lipinski definition) is 5. The van der Waals surface area contributed by atoms with E-state index in [1.807, 2.05) is 36.5 Å². The monoisotopic (exact) mass is 435 g/mol. The Morgan fingerprint density at radius 2 is 1.81 bits per heavy atom. The van der Waals surface area contributed by atoms with Crippen molar-refractivity contribution in [2.45, 2.75) is 6.54 Å². The molecule has 1 amide bonds. The second kappa shape index (κ2) is 8.85. The number of nitrogens with zero attached hydrogens (tertiary/aromatic N) is 4. The third kappa shape index (κ3) is 4.49. The first kappa shape index (κ1) is 20.4. The van der Waals surface area contributed by atoms with Crippen molar-refractivity contribution in [3.05, 3.63) is 95.0 Å². The molecule has 0 unspecified atom stereocenters. The molecule has 4 rings (SSSR count). The summed E-state index contributed by atoms with van der Waals surface area (Å²) < 4.78 is 7.85. The number of halogens is 1. The van der Waals surface area contributed by atoms with E-state index in [1.165, 1.54) is 17.9 Å². The van der Waals surface area contributed by atoms with Crippen molar-refractivity contribution >= 4 is 23.5 Å². The molecule has 0 radical (unpaired) electrons. The number of hydrogen-bond donors (Lipinski definition) is 1. The van der Waals surface area contributed by atoms with Gasteiger partial charge in [0.25, 0.3) is 5.91 Å². The molecule has 0 bridgehead atoms. The lowest BCUT2D eigenvalue weighted by molar-refractivity contribution is 0.0593. The van der Waals surface area contributed by atoms with Crippen molar-refractivity contribution in [2.75, 3.05) is 7.11 Å². The molecule has 0 aliphatic carbocycles. The van der Waals surface area contributed by atoms with Crippen LogP contribution in [0.25, 0.3) is 11.4 Å². The second-order valence-corrected chi connectivity index (χ2v) is 7.04. The molecular formula is C22H18ClN5O3. The number of esters is 1. The van der Waals surface area contributed by atoms with Crippen LogP contribution in [0.2, 0.25) is 5.02 Å². The number of nitrogens with one attached hydrogen (secondary N) is 1. The first-order chi connectivity index (χ1) is 15.0. The van der Waals surface area contributed by atoms with Gasteiger partial charge in [0.2, 0.25) is 0 Å². The fourth-order valence-electron chi connectivity index (χ4n) is 2.97. The van der Waals surface area contributed by atoms with E-state index in [4.69, 9.17) is 16.3 Å². The van der Waals surface area contributed by atoms with Gasteiger partial charge in [-0.1, -0.05) is 29.8 Å². The topological polar surface area (TPSA) is 91.0 Å². The number of ether oxygens (including phenoxy) is 1. The molecule has 0 fully saturated rings. The number of para-hydroxylation sites is 1. The largest absolute Gasteiger partial charge is 0.464 e. The average Bonchev–Trinajstić information content (AvgIpc) is 3.46. The van der Waals surface area contributed by atoms with E-state index in [-0.39, 0.29) is 23.8 Å². The third-order valence-corrected chi connectivity index (χ3v) is 4.77. The van der Waals surface area contributed by atoms with Crippen molar-refractivity contribution in [1.29, 1.82) is 0 Å². The molecule has 31 heavy (non-hydrogen) atoms. The van der Waals surface area contributed by atoms with Gasteiger partial charge in [0.1, 0.15) is 5.69 Å². The highest BCUT2D eigenvalue weighted by atomic mass is 35.5. The van der Waals surface area contributed by atoms with Crippen LogP contribution in [-0.4, -0.2) is 38.5 Å². The molecule has 0 atom stereocenters. The van der Waals surface area contributed by atoms with Gasteiger partial charge in [-0.05, 0) is 36.4 Å². The van der Waals surface area contributed by atoms with Crippen molar-refractivity contribution in [2.24, 2.45) is 0 Å². The van der Waals surface area contributed by atoms with Crippen molar-refractivity contribution in [1.82, 2.24) is 24.9 Å². The number of methoxy groups -OCH3 is 1. The first-order valence-corrected chi connectivity index (χ1v) is 9.74. The fourth-order valence-corrected chi connectivity index (χ4v) is 3.10. The Labute approximate surface area is 183 Å². The van der Waals surface area contributed by atoms with E-state index in [9.17, 15) is 9.59 Å². The molecular weight excluding hydrogens is 418 g/mol.